The summed E-state index contributed by atoms with van der Waals surface area (Å²) in [5.41, 5.74) is -1.00. The summed E-state index contributed by atoms with van der Waals surface area (Å²) in [7, 11) is 0. The van der Waals surface area contributed by atoms with E-state index in [9.17, 15) is 9.90 Å². The predicted octanol–water partition coefficient (Wildman–Crippen LogP) is 2.28. The molecule has 0 aromatic carbocycles. The lowest BCUT2D eigenvalue weighted by atomic mass is 9.65. The van der Waals surface area contributed by atoms with Gasteiger partial charge in [-0.05, 0) is 31.6 Å². The predicted molar refractivity (Wildman–Crippen MR) is 58.5 cm³/mol. The summed E-state index contributed by atoms with van der Waals surface area (Å²) in [5, 5.41) is 19.6. The molecule has 0 aromatic rings. The van der Waals surface area contributed by atoms with Gasteiger partial charge >= 0.3 is 5.97 Å². The Kier molecular flexibility index (Phi) is 3.77. The third kappa shape index (κ3) is 2.33. The number of carboxylic acids is 1. The minimum atomic E-state index is -1.00. The first-order valence-corrected chi connectivity index (χ1v) is 5.84. The zero-order chi connectivity index (χ0) is 11.6. The maximum atomic E-state index is 11.0. The molecule has 1 aliphatic rings. The molecule has 1 aliphatic carbocycles. The molecule has 3 nitrogen and oxygen atoms in total. The lowest BCUT2D eigenvalue weighted by Crippen LogP contribution is -2.50. The topological polar surface area (TPSA) is 57.5 Å². The van der Waals surface area contributed by atoms with Crippen LogP contribution in [-0.4, -0.2) is 21.8 Å². The van der Waals surface area contributed by atoms with Crippen molar-refractivity contribution in [2.75, 3.05) is 0 Å². The van der Waals surface area contributed by atoms with Crippen LogP contribution in [0.1, 0.15) is 46.5 Å². The number of carbonyl (C=O) groups is 1. The molecule has 88 valence electrons. The van der Waals surface area contributed by atoms with E-state index in [1.54, 1.807) is 6.92 Å². The van der Waals surface area contributed by atoms with Gasteiger partial charge in [-0.2, -0.15) is 0 Å². The first-order valence-electron chi connectivity index (χ1n) is 5.84. The molecule has 2 N–H and O–H groups in total. The van der Waals surface area contributed by atoms with Crippen LogP contribution < -0.4 is 0 Å². The maximum Gasteiger partial charge on any atom is 0.309 e. The third-order valence-electron chi connectivity index (χ3n) is 3.91. The van der Waals surface area contributed by atoms with Crippen LogP contribution in [0, 0.1) is 17.8 Å². The Morgan fingerprint density at radius 2 is 1.93 bits per heavy atom. The quantitative estimate of drug-likeness (QED) is 0.757. The van der Waals surface area contributed by atoms with E-state index in [4.69, 9.17) is 5.11 Å². The smallest absolute Gasteiger partial charge is 0.309 e. The first kappa shape index (κ1) is 12.5. The van der Waals surface area contributed by atoms with Crippen LogP contribution in [0.15, 0.2) is 0 Å². The summed E-state index contributed by atoms with van der Waals surface area (Å²) in [6.45, 7) is 5.76. The van der Waals surface area contributed by atoms with Gasteiger partial charge in [-0.3, -0.25) is 4.79 Å². The van der Waals surface area contributed by atoms with Gasteiger partial charge in [-0.15, -0.1) is 0 Å². The lowest BCUT2D eigenvalue weighted by molar-refractivity contribution is -0.162. The van der Waals surface area contributed by atoms with Gasteiger partial charge in [0.1, 0.15) is 0 Å². The van der Waals surface area contributed by atoms with E-state index in [0.29, 0.717) is 12.3 Å². The molecule has 0 heterocycles. The molecule has 1 rings (SSSR count). The molecule has 0 amide bonds. The van der Waals surface area contributed by atoms with Crippen LogP contribution in [0.4, 0.5) is 0 Å². The van der Waals surface area contributed by atoms with Crippen molar-refractivity contribution in [3.63, 3.8) is 0 Å². The zero-order valence-electron chi connectivity index (χ0n) is 9.86. The fraction of sp³-hybridized carbons (Fsp3) is 0.917. The monoisotopic (exact) mass is 214 g/mol. The molecular formula is C12H22O3. The SMILES string of the molecule is CC(C)C1CCCCC1(O)C(C)C(=O)O. The Bertz CT molecular complexity index is 237. The number of hydrogen-bond acceptors (Lipinski definition) is 2. The largest absolute Gasteiger partial charge is 0.481 e. The normalized spacial score (nSPS) is 34.1. The second kappa shape index (κ2) is 4.52. The number of hydrogen-bond donors (Lipinski definition) is 2. The Balaban J connectivity index is 2.89. The van der Waals surface area contributed by atoms with Gasteiger partial charge in [-0.25, -0.2) is 0 Å². The second-order valence-electron chi connectivity index (χ2n) is 5.15. The van der Waals surface area contributed by atoms with Crippen LogP contribution in [0.5, 0.6) is 0 Å². The molecule has 15 heavy (non-hydrogen) atoms. The Morgan fingerprint density at radius 1 is 1.33 bits per heavy atom. The first-order chi connectivity index (χ1) is 6.89. The number of rotatable bonds is 3. The van der Waals surface area contributed by atoms with Crippen molar-refractivity contribution >= 4 is 5.97 Å². The number of carboxylic acid groups (broad SMARTS) is 1. The average Bonchev–Trinajstić information content (AvgIpc) is 2.16. The van der Waals surface area contributed by atoms with Crippen molar-refractivity contribution in [3.05, 3.63) is 0 Å². The summed E-state index contributed by atoms with van der Waals surface area (Å²) in [6.07, 6.45) is 3.63. The van der Waals surface area contributed by atoms with Crippen LogP contribution >= 0.6 is 0 Å². The van der Waals surface area contributed by atoms with Gasteiger partial charge < -0.3 is 10.2 Å². The van der Waals surface area contributed by atoms with E-state index in [2.05, 4.69) is 13.8 Å². The minimum Gasteiger partial charge on any atom is -0.481 e. The van der Waals surface area contributed by atoms with Crippen LogP contribution in [0.25, 0.3) is 0 Å². The molecule has 0 radical (unpaired) electrons. The van der Waals surface area contributed by atoms with Crippen molar-refractivity contribution in [1.29, 1.82) is 0 Å². The second-order valence-corrected chi connectivity index (χ2v) is 5.15. The van der Waals surface area contributed by atoms with Crippen molar-refractivity contribution in [2.24, 2.45) is 17.8 Å². The van der Waals surface area contributed by atoms with E-state index in [-0.39, 0.29) is 5.92 Å². The molecule has 0 aliphatic heterocycles. The summed E-state index contributed by atoms with van der Waals surface area (Å²) < 4.78 is 0. The molecular weight excluding hydrogens is 192 g/mol. The highest BCUT2D eigenvalue weighted by Gasteiger charge is 2.47. The van der Waals surface area contributed by atoms with Crippen molar-refractivity contribution < 1.29 is 15.0 Å². The van der Waals surface area contributed by atoms with Crippen molar-refractivity contribution in [2.45, 2.75) is 52.1 Å². The molecule has 1 saturated carbocycles. The van der Waals surface area contributed by atoms with Crippen molar-refractivity contribution in [3.8, 4) is 0 Å². The number of aliphatic carboxylic acids is 1. The molecule has 0 bridgehead atoms. The van der Waals surface area contributed by atoms with Gasteiger partial charge in [0.25, 0.3) is 0 Å². The van der Waals surface area contributed by atoms with E-state index >= 15 is 0 Å². The summed E-state index contributed by atoms with van der Waals surface area (Å²) >= 11 is 0. The Hall–Kier alpha value is -0.570. The van der Waals surface area contributed by atoms with Gasteiger partial charge in [0, 0.05) is 0 Å². The maximum absolute atomic E-state index is 11.0. The van der Waals surface area contributed by atoms with Crippen LogP contribution in [0.3, 0.4) is 0 Å². The van der Waals surface area contributed by atoms with Crippen LogP contribution in [-0.2, 0) is 4.79 Å². The highest BCUT2D eigenvalue weighted by atomic mass is 16.4. The highest BCUT2D eigenvalue weighted by molar-refractivity contribution is 5.71. The van der Waals surface area contributed by atoms with E-state index < -0.39 is 17.5 Å². The highest BCUT2D eigenvalue weighted by Crippen LogP contribution is 2.42. The molecule has 0 saturated heterocycles. The molecule has 3 atom stereocenters. The van der Waals surface area contributed by atoms with Crippen LogP contribution in [0.2, 0.25) is 0 Å². The summed E-state index contributed by atoms with van der Waals surface area (Å²) in [6, 6.07) is 0. The molecule has 3 heteroatoms. The molecule has 0 aromatic heterocycles. The van der Waals surface area contributed by atoms with E-state index in [1.165, 1.54) is 0 Å². The fourth-order valence-corrected chi connectivity index (χ4v) is 2.87. The fourth-order valence-electron chi connectivity index (χ4n) is 2.87. The van der Waals surface area contributed by atoms with Gasteiger partial charge in [0.2, 0.25) is 0 Å². The summed E-state index contributed by atoms with van der Waals surface area (Å²) in [4.78, 5) is 11.0. The molecule has 3 unspecified atom stereocenters. The summed E-state index contributed by atoms with van der Waals surface area (Å²) in [5.74, 6) is -1.08. The third-order valence-corrected chi connectivity index (χ3v) is 3.91. The molecule has 1 fully saturated rings. The lowest BCUT2D eigenvalue weighted by Gasteiger charge is -2.44. The van der Waals surface area contributed by atoms with Gasteiger partial charge in [0.15, 0.2) is 0 Å². The van der Waals surface area contributed by atoms with E-state index in [0.717, 1.165) is 19.3 Å². The molecule has 0 spiro atoms. The average molecular weight is 214 g/mol. The van der Waals surface area contributed by atoms with Gasteiger partial charge in [0.05, 0.1) is 11.5 Å². The number of aliphatic hydroxyl groups is 1. The standard InChI is InChI=1S/C12H22O3/c1-8(2)10-6-4-5-7-12(10,15)9(3)11(13)14/h8-10,15H,4-7H2,1-3H3,(H,13,14). The Labute approximate surface area is 91.5 Å². The zero-order valence-corrected chi connectivity index (χ0v) is 9.86. The van der Waals surface area contributed by atoms with Gasteiger partial charge in [-0.1, -0.05) is 26.7 Å². The Morgan fingerprint density at radius 3 is 2.40 bits per heavy atom. The van der Waals surface area contributed by atoms with Crippen molar-refractivity contribution in [1.82, 2.24) is 0 Å². The van der Waals surface area contributed by atoms with E-state index in [1.807, 2.05) is 0 Å². The minimum absolute atomic E-state index is 0.123.